The second-order valence-electron chi connectivity index (χ2n) is 8.02. The van der Waals surface area contributed by atoms with Crippen molar-refractivity contribution < 1.29 is 24.2 Å². The SMILES string of the molecule is CC(C)(C)OC(=O)CN(CCCCCCO)CC(=O)OC(C)(C)C. The highest BCUT2D eigenvalue weighted by Crippen LogP contribution is 2.10. The predicted molar refractivity (Wildman–Crippen MR) is 93.7 cm³/mol. The maximum Gasteiger partial charge on any atom is 0.320 e. The first kappa shape index (κ1) is 22.9. The molecule has 0 saturated heterocycles. The van der Waals surface area contributed by atoms with Gasteiger partial charge >= 0.3 is 11.9 Å². The second-order valence-corrected chi connectivity index (χ2v) is 8.02. The largest absolute Gasteiger partial charge is 0.459 e. The van der Waals surface area contributed by atoms with Crippen molar-refractivity contribution in [2.75, 3.05) is 26.2 Å². The molecular weight excluding hydrogens is 310 g/mol. The highest BCUT2D eigenvalue weighted by molar-refractivity contribution is 5.75. The number of rotatable bonds is 10. The Morgan fingerprint density at radius 1 is 0.792 bits per heavy atom. The van der Waals surface area contributed by atoms with Gasteiger partial charge in [0.2, 0.25) is 0 Å². The molecule has 24 heavy (non-hydrogen) atoms. The number of unbranched alkanes of at least 4 members (excludes halogenated alkanes) is 3. The Labute approximate surface area is 146 Å². The summed E-state index contributed by atoms with van der Waals surface area (Å²) in [6.07, 6.45) is 3.51. The Balaban J connectivity index is 4.53. The lowest BCUT2D eigenvalue weighted by Crippen LogP contribution is -2.40. The van der Waals surface area contributed by atoms with E-state index in [0.29, 0.717) is 6.54 Å². The van der Waals surface area contributed by atoms with Crippen LogP contribution < -0.4 is 0 Å². The van der Waals surface area contributed by atoms with Gasteiger partial charge in [-0.05, 0) is 60.9 Å². The number of hydrogen-bond acceptors (Lipinski definition) is 6. The number of nitrogens with zero attached hydrogens (tertiary/aromatic N) is 1. The molecule has 0 aromatic carbocycles. The normalized spacial score (nSPS) is 12.3. The minimum absolute atomic E-state index is 0.0660. The van der Waals surface area contributed by atoms with E-state index in [0.717, 1.165) is 25.7 Å². The molecule has 0 unspecified atom stereocenters. The van der Waals surface area contributed by atoms with E-state index in [1.807, 2.05) is 41.5 Å². The Kier molecular flexibility index (Phi) is 10.2. The van der Waals surface area contributed by atoms with Crippen molar-refractivity contribution in [1.29, 1.82) is 0 Å². The third-order valence-electron chi connectivity index (χ3n) is 2.93. The molecule has 0 radical (unpaired) electrons. The molecule has 0 aliphatic heterocycles. The van der Waals surface area contributed by atoms with Gasteiger partial charge in [0.05, 0.1) is 13.1 Å². The van der Waals surface area contributed by atoms with E-state index in [4.69, 9.17) is 14.6 Å². The number of carbonyl (C=O) groups is 2. The van der Waals surface area contributed by atoms with Crippen molar-refractivity contribution in [2.45, 2.75) is 78.4 Å². The van der Waals surface area contributed by atoms with Gasteiger partial charge < -0.3 is 14.6 Å². The third kappa shape index (κ3) is 14.5. The van der Waals surface area contributed by atoms with Crippen LogP contribution in [-0.4, -0.2) is 59.4 Å². The maximum absolute atomic E-state index is 12.0. The van der Waals surface area contributed by atoms with Crippen LogP contribution in [0, 0.1) is 0 Å². The van der Waals surface area contributed by atoms with Gasteiger partial charge in [0.15, 0.2) is 0 Å². The van der Waals surface area contributed by atoms with Gasteiger partial charge in [-0.15, -0.1) is 0 Å². The number of carbonyl (C=O) groups excluding carboxylic acids is 2. The zero-order valence-electron chi connectivity index (χ0n) is 16.2. The standard InChI is InChI=1S/C18H35NO5/c1-17(2,3)23-15(21)13-19(11-9-7-8-10-12-20)14-16(22)24-18(4,5)6/h20H,7-14H2,1-6H3. The van der Waals surface area contributed by atoms with Crippen molar-refractivity contribution in [3.63, 3.8) is 0 Å². The first-order chi connectivity index (χ1) is 10.9. The van der Waals surface area contributed by atoms with E-state index in [1.165, 1.54) is 0 Å². The van der Waals surface area contributed by atoms with Crippen LogP contribution in [0.2, 0.25) is 0 Å². The van der Waals surface area contributed by atoms with E-state index >= 15 is 0 Å². The lowest BCUT2D eigenvalue weighted by molar-refractivity contribution is -0.159. The van der Waals surface area contributed by atoms with Crippen LogP contribution in [0.5, 0.6) is 0 Å². The first-order valence-electron chi connectivity index (χ1n) is 8.70. The Morgan fingerprint density at radius 3 is 1.58 bits per heavy atom. The van der Waals surface area contributed by atoms with E-state index in [-0.39, 0.29) is 31.6 Å². The molecule has 0 aliphatic rings. The van der Waals surface area contributed by atoms with Crippen LogP contribution >= 0.6 is 0 Å². The van der Waals surface area contributed by atoms with Crippen molar-refractivity contribution >= 4 is 11.9 Å². The molecule has 0 rings (SSSR count). The summed E-state index contributed by atoms with van der Waals surface area (Å²) < 4.78 is 10.7. The summed E-state index contributed by atoms with van der Waals surface area (Å²) in [5.41, 5.74) is -1.09. The summed E-state index contributed by atoms with van der Waals surface area (Å²) in [5.74, 6) is -0.692. The average molecular weight is 345 g/mol. The van der Waals surface area contributed by atoms with Gasteiger partial charge in [-0.1, -0.05) is 12.8 Å². The number of ether oxygens (including phenoxy) is 2. The Hall–Kier alpha value is -1.14. The Bertz CT molecular complexity index is 352. The number of hydrogen-bond donors (Lipinski definition) is 1. The van der Waals surface area contributed by atoms with Crippen LogP contribution in [0.4, 0.5) is 0 Å². The topological polar surface area (TPSA) is 76.1 Å². The van der Waals surface area contributed by atoms with Crippen LogP contribution in [0.25, 0.3) is 0 Å². The van der Waals surface area contributed by atoms with Gasteiger partial charge in [0.1, 0.15) is 11.2 Å². The van der Waals surface area contributed by atoms with Crippen LogP contribution in [0.1, 0.15) is 67.2 Å². The van der Waals surface area contributed by atoms with Gasteiger partial charge in [0, 0.05) is 6.61 Å². The summed E-state index contributed by atoms with van der Waals surface area (Å²) in [6, 6.07) is 0. The zero-order chi connectivity index (χ0) is 18.8. The van der Waals surface area contributed by atoms with Crippen LogP contribution in [0.15, 0.2) is 0 Å². The summed E-state index contributed by atoms with van der Waals surface area (Å²) >= 11 is 0. The molecule has 0 fully saturated rings. The first-order valence-corrected chi connectivity index (χ1v) is 8.70. The van der Waals surface area contributed by atoms with E-state index in [1.54, 1.807) is 4.90 Å². The van der Waals surface area contributed by atoms with Crippen molar-refractivity contribution in [3.8, 4) is 0 Å². The second kappa shape index (κ2) is 10.7. The highest BCUT2D eigenvalue weighted by Gasteiger charge is 2.23. The summed E-state index contributed by atoms with van der Waals surface area (Å²) in [5, 5.41) is 8.80. The lowest BCUT2D eigenvalue weighted by Gasteiger charge is -2.26. The number of aliphatic hydroxyl groups excluding tert-OH is 1. The fourth-order valence-electron chi connectivity index (χ4n) is 2.13. The smallest absolute Gasteiger partial charge is 0.320 e. The molecule has 0 atom stereocenters. The predicted octanol–water partition coefficient (Wildman–Crippen LogP) is 2.52. The molecule has 6 nitrogen and oxygen atoms in total. The molecule has 0 saturated carbocycles. The molecule has 0 aromatic heterocycles. The molecule has 0 aliphatic carbocycles. The summed E-state index contributed by atoms with van der Waals surface area (Å²) in [6.45, 7) is 11.8. The number of esters is 2. The van der Waals surface area contributed by atoms with Crippen LogP contribution in [0.3, 0.4) is 0 Å². The third-order valence-corrected chi connectivity index (χ3v) is 2.93. The summed E-state index contributed by atoms with van der Waals surface area (Å²) in [4.78, 5) is 25.8. The zero-order valence-corrected chi connectivity index (χ0v) is 16.2. The van der Waals surface area contributed by atoms with E-state index in [2.05, 4.69) is 0 Å². The molecule has 0 spiro atoms. The minimum Gasteiger partial charge on any atom is -0.459 e. The molecule has 0 amide bonds. The van der Waals surface area contributed by atoms with Crippen molar-refractivity contribution in [2.24, 2.45) is 0 Å². The van der Waals surface area contributed by atoms with Gasteiger partial charge in [-0.3, -0.25) is 14.5 Å². The van der Waals surface area contributed by atoms with Crippen molar-refractivity contribution in [3.05, 3.63) is 0 Å². The molecule has 0 bridgehead atoms. The molecule has 142 valence electrons. The van der Waals surface area contributed by atoms with Crippen molar-refractivity contribution in [1.82, 2.24) is 4.90 Å². The monoisotopic (exact) mass is 345 g/mol. The van der Waals surface area contributed by atoms with Gasteiger partial charge in [-0.2, -0.15) is 0 Å². The molecule has 0 heterocycles. The average Bonchev–Trinajstić information content (AvgIpc) is 2.33. The summed E-state index contributed by atoms with van der Waals surface area (Å²) in [7, 11) is 0. The highest BCUT2D eigenvalue weighted by atomic mass is 16.6. The van der Waals surface area contributed by atoms with Gasteiger partial charge in [-0.25, -0.2) is 0 Å². The van der Waals surface area contributed by atoms with Crippen LogP contribution in [-0.2, 0) is 19.1 Å². The fourth-order valence-corrected chi connectivity index (χ4v) is 2.13. The maximum atomic E-state index is 12.0. The molecule has 1 N–H and O–H groups in total. The molecule has 6 heteroatoms. The number of aliphatic hydroxyl groups is 1. The molecule has 0 aromatic rings. The Morgan fingerprint density at radius 2 is 1.21 bits per heavy atom. The fraction of sp³-hybridized carbons (Fsp3) is 0.889. The minimum atomic E-state index is -0.546. The van der Waals surface area contributed by atoms with Gasteiger partial charge in [0.25, 0.3) is 0 Å². The van der Waals surface area contributed by atoms with E-state index < -0.39 is 11.2 Å². The van der Waals surface area contributed by atoms with E-state index in [9.17, 15) is 9.59 Å². The quantitative estimate of drug-likeness (QED) is 0.484. The molecular formula is C18H35NO5. The lowest BCUT2D eigenvalue weighted by atomic mass is 10.2.